The number of carbonyl (C=O) groups excluding carboxylic acids is 1. The number of hydrogen-bond donors (Lipinski definition) is 2. The molecule has 1 heterocycles. The summed E-state index contributed by atoms with van der Waals surface area (Å²) in [6.07, 6.45) is 2.43. The Morgan fingerprint density at radius 1 is 1.03 bits per heavy atom. The first-order valence-electron chi connectivity index (χ1n) is 15.0. The number of hydrogen-bond acceptors (Lipinski definition) is 3. The molecule has 10 atom stereocenters. The zero-order valence-corrected chi connectivity index (χ0v) is 22.6. The van der Waals surface area contributed by atoms with E-state index in [0.717, 1.165) is 32.1 Å². The van der Waals surface area contributed by atoms with Crippen molar-refractivity contribution in [1.29, 1.82) is 5.41 Å². The van der Waals surface area contributed by atoms with Gasteiger partial charge in [0.1, 0.15) is 19.0 Å². The number of ether oxygens (including phenoxy) is 1. The Kier molecular flexibility index (Phi) is 8.78. The maximum Gasteiger partial charge on any atom is 0.284 e. The number of carbonyl (C=O) groups is 1. The van der Waals surface area contributed by atoms with Gasteiger partial charge in [-0.1, -0.05) is 6.92 Å². The van der Waals surface area contributed by atoms with Gasteiger partial charge in [-0.15, -0.1) is 0 Å². The van der Waals surface area contributed by atoms with Crippen molar-refractivity contribution in [2.75, 3.05) is 19.7 Å². The number of nitrogens with one attached hydrogen (secondary N) is 2. The molecule has 9 unspecified atom stereocenters. The lowest BCUT2D eigenvalue weighted by molar-refractivity contribution is -0.129. The van der Waals surface area contributed by atoms with E-state index in [1.165, 1.54) is 0 Å². The molecule has 216 valence electrons. The molecular weight excluding hydrogens is 498 g/mol. The molecule has 0 aromatic carbocycles. The van der Waals surface area contributed by atoms with Gasteiger partial charge in [0.25, 0.3) is 6.02 Å². The van der Waals surface area contributed by atoms with Crippen molar-refractivity contribution >= 4 is 11.9 Å². The summed E-state index contributed by atoms with van der Waals surface area (Å²) in [5, 5.41) is 11.5. The van der Waals surface area contributed by atoms with Gasteiger partial charge in [-0.25, -0.2) is 17.6 Å². The highest BCUT2D eigenvalue weighted by atomic mass is 19.3. The largest absolute Gasteiger partial charge is 0.463 e. The fraction of sp³-hybridized carbons (Fsp3) is 0.931. The highest BCUT2D eigenvalue weighted by Gasteiger charge is 2.46. The second-order valence-electron chi connectivity index (χ2n) is 13.1. The molecule has 9 heteroatoms. The van der Waals surface area contributed by atoms with Crippen LogP contribution in [0.5, 0.6) is 0 Å². The minimum Gasteiger partial charge on any atom is -0.463 e. The van der Waals surface area contributed by atoms with Crippen LogP contribution < -0.4 is 5.32 Å². The fourth-order valence-electron chi connectivity index (χ4n) is 8.26. The Hall–Kier alpha value is -1.54. The summed E-state index contributed by atoms with van der Waals surface area (Å²) in [5.74, 6) is -0.747. The summed E-state index contributed by atoms with van der Waals surface area (Å²) >= 11 is 0. The average molecular weight is 544 g/mol. The van der Waals surface area contributed by atoms with Gasteiger partial charge >= 0.3 is 0 Å². The molecule has 5 rings (SSSR count). The summed E-state index contributed by atoms with van der Waals surface area (Å²) < 4.78 is 61.7. The van der Waals surface area contributed by atoms with E-state index in [1.807, 2.05) is 11.8 Å². The van der Waals surface area contributed by atoms with Crippen LogP contribution in [0.2, 0.25) is 0 Å². The molecule has 0 aromatic rings. The third-order valence-corrected chi connectivity index (χ3v) is 10.4. The highest BCUT2D eigenvalue weighted by molar-refractivity contribution is 5.79. The average Bonchev–Trinajstić information content (AvgIpc) is 3.66. The van der Waals surface area contributed by atoms with Crippen molar-refractivity contribution in [2.45, 2.75) is 102 Å². The van der Waals surface area contributed by atoms with Gasteiger partial charge in [-0.3, -0.25) is 10.2 Å². The molecule has 1 aliphatic heterocycles. The molecular formula is C29H45F4N3O2. The number of alkyl halides is 4. The van der Waals surface area contributed by atoms with Crippen LogP contribution in [0, 0.1) is 52.8 Å². The quantitative estimate of drug-likeness (QED) is 0.371. The van der Waals surface area contributed by atoms with Crippen LogP contribution in [0.3, 0.4) is 0 Å². The first kappa shape index (κ1) is 28.0. The van der Waals surface area contributed by atoms with E-state index in [2.05, 4.69) is 5.32 Å². The second kappa shape index (κ2) is 11.9. The zero-order valence-electron chi connectivity index (χ0n) is 22.6. The number of rotatable bonds is 8. The summed E-state index contributed by atoms with van der Waals surface area (Å²) in [7, 11) is 0. The molecule has 0 radical (unpaired) electrons. The molecule has 0 aromatic heterocycles. The number of amidine groups is 1. The normalized spacial score (nSPS) is 41.2. The Balaban J connectivity index is 1.30. The molecule has 1 amide bonds. The third kappa shape index (κ3) is 6.43. The Morgan fingerprint density at radius 3 is 2.45 bits per heavy atom. The predicted octanol–water partition coefficient (Wildman–Crippen LogP) is 5.97. The fourth-order valence-corrected chi connectivity index (χ4v) is 8.26. The molecule has 5 fully saturated rings. The summed E-state index contributed by atoms with van der Waals surface area (Å²) in [4.78, 5) is 15.7. The molecule has 1 saturated heterocycles. The minimum atomic E-state index is -2.56. The first-order valence-corrected chi connectivity index (χ1v) is 15.0. The molecule has 38 heavy (non-hydrogen) atoms. The Labute approximate surface area is 224 Å². The van der Waals surface area contributed by atoms with Gasteiger partial charge in [0.15, 0.2) is 0 Å². The first-order chi connectivity index (χ1) is 18.2. The van der Waals surface area contributed by atoms with E-state index in [4.69, 9.17) is 10.1 Å². The van der Waals surface area contributed by atoms with Crippen molar-refractivity contribution in [2.24, 2.45) is 47.3 Å². The summed E-state index contributed by atoms with van der Waals surface area (Å²) in [6.45, 7) is 3.64. The molecule has 2 N–H and O–H groups in total. The SMILES string of the molecule is CC1CC([C@@H](NC(=O)C2CC(CN3CCOC3=N)CC(C3CCC(F)CC3C(F)F)C2)C2CC2)CCC1F. The third-order valence-electron chi connectivity index (χ3n) is 10.4. The predicted molar refractivity (Wildman–Crippen MR) is 137 cm³/mol. The second-order valence-corrected chi connectivity index (χ2v) is 13.1. The van der Waals surface area contributed by atoms with E-state index >= 15 is 0 Å². The van der Waals surface area contributed by atoms with Crippen molar-refractivity contribution < 1.29 is 27.1 Å². The number of halogens is 4. The monoisotopic (exact) mass is 543 g/mol. The standard InChI is InChI=1S/C29H45F4N3O2/c1-16-10-19(4-7-25(16)31)26(18-2-3-18)35-28(37)21-12-17(15-36-8-9-38-29(36)34)11-20(13-21)23-6-5-22(30)14-24(23)27(32)33/h16-27,34H,2-15H2,1H3,(H,35,37)/t16?,17?,19?,20?,21?,22?,23?,24?,25?,26-/m0/s1. The van der Waals surface area contributed by atoms with Gasteiger partial charge in [-0.05, 0) is 106 Å². The summed E-state index contributed by atoms with van der Waals surface area (Å²) in [5.41, 5.74) is 0. The van der Waals surface area contributed by atoms with E-state index in [-0.39, 0.29) is 59.9 Å². The molecule has 0 bridgehead atoms. The van der Waals surface area contributed by atoms with Crippen molar-refractivity contribution in [1.82, 2.24) is 10.2 Å². The van der Waals surface area contributed by atoms with Crippen LogP contribution in [0.15, 0.2) is 0 Å². The van der Waals surface area contributed by atoms with E-state index in [0.29, 0.717) is 57.7 Å². The summed E-state index contributed by atoms with van der Waals surface area (Å²) in [6, 6.07) is 0.204. The molecule has 5 nitrogen and oxygen atoms in total. The Bertz CT molecular complexity index is 843. The van der Waals surface area contributed by atoms with Crippen LogP contribution in [0.25, 0.3) is 0 Å². The van der Waals surface area contributed by atoms with Gasteiger partial charge < -0.3 is 15.0 Å². The molecule has 5 aliphatic rings. The maximum atomic E-state index is 14.2. The van der Waals surface area contributed by atoms with Crippen molar-refractivity contribution in [3.63, 3.8) is 0 Å². The Morgan fingerprint density at radius 2 is 1.79 bits per heavy atom. The van der Waals surface area contributed by atoms with Gasteiger partial charge in [0, 0.05) is 24.4 Å². The lowest BCUT2D eigenvalue weighted by Gasteiger charge is -2.44. The maximum absolute atomic E-state index is 14.2. The lowest BCUT2D eigenvalue weighted by Crippen LogP contribution is -2.49. The van der Waals surface area contributed by atoms with Gasteiger partial charge in [0.2, 0.25) is 12.3 Å². The molecule has 0 spiro atoms. The van der Waals surface area contributed by atoms with Crippen LogP contribution in [0.1, 0.15) is 77.6 Å². The van der Waals surface area contributed by atoms with Crippen LogP contribution in [-0.4, -0.2) is 61.3 Å². The van der Waals surface area contributed by atoms with Crippen LogP contribution in [0.4, 0.5) is 17.6 Å². The van der Waals surface area contributed by atoms with E-state index in [1.54, 1.807) is 0 Å². The van der Waals surface area contributed by atoms with Crippen molar-refractivity contribution in [3.05, 3.63) is 0 Å². The van der Waals surface area contributed by atoms with E-state index in [9.17, 15) is 22.4 Å². The van der Waals surface area contributed by atoms with E-state index < -0.39 is 24.7 Å². The van der Waals surface area contributed by atoms with Crippen LogP contribution in [-0.2, 0) is 9.53 Å². The minimum absolute atomic E-state index is 0.00486. The lowest BCUT2D eigenvalue weighted by atomic mass is 9.63. The van der Waals surface area contributed by atoms with Crippen molar-refractivity contribution in [3.8, 4) is 0 Å². The number of nitrogens with zero attached hydrogens (tertiary/aromatic N) is 1. The van der Waals surface area contributed by atoms with Gasteiger partial charge in [0.05, 0.1) is 6.54 Å². The topological polar surface area (TPSA) is 65.4 Å². The number of amides is 1. The smallest absolute Gasteiger partial charge is 0.284 e. The molecule has 4 saturated carbocycles. The molecule has 4 aliphatic carbocycles. The van der Waals surface area contributed by atoms with Gasteiger partial charge in [-0.2, -0.15) is 0 Å². The highest BCUT2D eigenvalue weighted by Crippen LogP contribution is 2.48. The zero-order chi connectivity index (χ0) is 27.0. The van der Waals surface area contributed by atoms with Crippen LogP contribution >= 0.6 is 0 Å².